The number of hydrogen-bond acceptors (Lipinski definition) is 2. The van der Waals surface area contributed by atoms with Crippen molar-refractivity contribution >= 4 is 5.97 Å². The van der Waals surface area contributed by atoms with Gasteiger partial charge in [-0.25, -0.2) is 0 Å². The normalized spacial score (nSPS) is 42.8. The molecule has 3 nitrogen and oxygen atoms in total. The third kappa shape index (κ3) is 2.31. The molecule has 0 aromatic rings. The molecule has 0 aromatic heterocycles. The number of aliphatic hydroxyl groups excluding tert-OH is 1. The second-order valence-corrected chi connectivity index (χ2v) is 8.44. The number of rotatable bonds is 3. The van der Waals surface area contributed by atoms with Crippen molar-refractivity contribution in [1.82, 2.24) is 0 Å². The van der Waals surface area contributed by atoms with Crippen molar-refractivity contribution in [3.05, 3.63) is 23.8 Å². The van der Waals surface area contributed by atoms with E-state index in [1.165, 1.54) is 5.57 Å². The molecule has 3 aliphatic rings. The molecule has 0 radical (unpaired) electrons. The number of hydrogen-bond donors (Lipinski definition) is 2. The Balaban J connectivity index is 2.06. The summed E-state index contributed by atoms with van der Waals surface area (Å²) in [5.41, 5.74) is 0.468. The largest absolute Gasteiger partial charge is 0.481 e. The quantitative estimate of drug-likeness (QED) is 0.826. The minimum atomic E-state index is -0.604. The summed E-state index contributed by atoms with van der Waals surface area (Å²) >= 11 is 0. The summed E-state index contributed by atoms with van der Waals surface area (Å²) < 4.78 is 0. The van der Waals surface area contributed by atoms with Gasteiger partial charge in [0.25, 0.3) is 0 Å². The fraction of sp³-hybridized carbons (Fsp3) is 0.750. The van der Waals surface area contributed by atoms with Crippen molar-refractivity contribution in [3.8, 4) is 0 Å². The zero-order valence-electron chi connectivity index (χ0n) is 14.6. The van der Waals surface area contributed by atoms with Gasteiger partial charge in [-0.15, -0.1) is 0 Å². The molecule has 2 saturated carbocycles. The maximum Gasteiger partial charge on any atom is 0.310 e. The van der Waals surface area contributed by atoms with Gasteiger partial charge in [0.15, 0.2) is 0 Å². The number of carboxylic acids is 1. The van der Waals surface area contributed by atoms with Crippen LogP contribution in [0, 0.1) is 34.5 Å². The third-order valence-corrected chi connectivity index (χ3v) is 7.20. The molecular formula is C20H30O3. The van der Waals surface area contributed by atoms with Gasteiger partial charge in [0, 0.05) is 12.0 Å². The van der Waals surface area contributed by atoms with Gasteiger partial charge < -0.3 is 10.2 Å². The lowest BCUT2D eigenvalue weighted by molar-refractivity contribution is -0.166. The predicted molar refractivity (Wildman–Crippen MR) is 90.9 cm³/mol. The summed E-state index contributed by atoms with van der Waals surface area (Å²) in [7, 11) is 0. The maximum absolute atomic E-state index is 12.4. The second-order valence-electron chi connectivity index (χ2n) is 8.44. The highest BCUT2D eigenvalue weighted by Crippen LogP contribution is 2.65. The van der Waals surface area contributed by atoms with E-state index in [0.29, 0.717) is 12.3 Å². The van der Waals surface area contributed by atoms with Crippen LogP contribution in [0.4, 0.5) is 0 Å². The topological polar surface area (TPSA) is 57.5 Å². The maximum atomic E-state index is 12.4. The SMILES string of the molecule is CC1=CC[C@]2(CO)CC[C@]3(C(=O)O)[C@@H](C(C)C)CC[C@H]3[C@@H]2C=C1. The average Bonchev–Trinajstić information content (AvgIpc) is 2.83. The van der Waals surface area contributed by atoms with Crippen LogP contribution in [0.1, 0.15) is 52.9 Å². The lowest BCUT2D eigenvalue weighted by Crippen LogP contribution is -2.53. The molecule has 0 aliphatic heterocycles. The van der Waals surface area contributed by atoms with Crippen LogP contribution in [0.3, 0.4) is 0 Å². The van der Waals surface area contributed by atoms with Crippen LogP contribution < -0.4 is 0 Å². The number of aliphatic hydroxyl groups is 1. The van der Waals surface area contributed by atoms with Crippen molar-refractivity contribution in [3.63, 3.8) is 0 Å². The van der Waals surface area contributed by atoms with E-state index in [9.17, 15) is 15.0 Å². The number of carboxylic acid groups (broad SMARTS) is 1. The molecule has 0 amide bonds. The molecule has 0 unspecified atom stereocenters. The van der Waals surface area contributed by atoms with E-state index in [0.717, 1.165) is 25.7 Å². The fourth-order valence-electron chi connectivity index (χ4n) is 5.93. The molecule has 0 bridgehead atoms. The van der Waals surface area contributed by atoms with E-state index in [-0.39, 0.29) is 29.8 Å². The van der Waals surface area contributed by atoms with Crippen LogP contribution in [0.5, 0.6) is 0 Å². The molecule has 3 rings (SSSR count). The van der Waals surface area contributed by atoms with E-state index >= 15 is 0 Å². The highest BCUT2D eigenvalue weighted by Gasteiger charge is 2.64. The molecule has 0 saturated heterocycles. The first-order valence-electron chi connectivity index (χ1n) is 9.06. The number of allylic oxidation sites excluding steroid dienone is 4. The van der Waals surface area contributed by atoms with Crippen LogP contribution in [0.25, 0.3) is 0 Å². The van der Waals surface area contributed by atoms with Gasteiger partial charge in [-0.05, 0) is 62.7 Å². The Labute approximate surface area is 139 Å². The number of aliphatic carboxylic acids is 1. The molecule has 0 heterocycles. The van der Waals surface area contributed by atoms with Crippen molar-refractivity contribution in [1.29, 1.82) is 0 Å². The van der Waals surface area contributed by atoms with Crippen molar-refractivity contribution in [2.45, 2.75) is 52.9 Å². The third-order valence-electron chi connectivity index (χ3n) is 7.20. The van der Waals surface area contributed by atoms with Gasteiger partial charge in [-0.3, -0.25) is 4.79 Å². The van der Waals surface area contributed by atoms with Crippen LogP contribution in [0.2, 0.25) is 0 Å². The second kappa shape index (κ2) is 5.77. The molecule has 3 aliphatic carbocycles. The van der Waals surface area contributed by atoms with Gasteiger partial charge in [-0.2, -0.15) is 0 Å². The van der Waals surface area contributed by atoms with Gasteiger partial charge >= 0.3 is 5.97 Å². The van der Waals surface area contributed by atoms with E-state index in [4.69, 9.17) is 0 Å². The molecule has 2 fully saturated rings. The monoisotopic (exact) mass is 318 g/mol. The summed E-state index contributed by atoms with van der Waals surface area (Å²) in [6.45, 7) is 6.58. The Bertz CT molecular complexity index is 547. The van der Waals surface area contributed by atoms with Crippen LogP contribution >= 0.6 is 0 Å². The fourth-order valence-corrected chi connectivity index (χ4v) is 5.93. The molecule has 3 heteroatoms. The molecular weight excluding hydrogens is 288 g/mol. The first-order valence-corrected chi connectivity index (χ1v) is 9.06. The van der Waals surface area contributed by atoms with E-state index in [1.807, 2.05) is 0 Å². The highest BCUT2D eigenvalue weighted by molar-refractivity contribution is 5.76. The minimum absolute atomic E-state index is 0.156. The van der Waals surface area contributed by atoms with Crippen LogP contribution in [-0.4, -0.2) is 22.8 Å². The summed E-state index contributed by atoms with van der Waals surface area (Å²) in [4.78, 5) is 12.4. The van der Waals surface area contributed by atoms with Crippen LogP contribution in [-0.2, 0) is 4.79 Å². The van der Waals surface area contributed by atoms with Gasteiger partial charge in [0.05, 0.1) is 5.41 Å². The molecule has 128 valence electrons. The van der Waals surface area contributed by atoms with E-state index in [1.54, 1.807) is 0 Å². The molecule has 0 spiro atoms. The molecule has 2 N–H and O–H groups in total. The number of fused-ring (bicyclic) bond motifs is 3. The van der Waals surface area contributed by atoms with Crippen molar-refractivity contribution in [2.24, 2.45) is 34.5 Å². The van der Waals surface area contributed by atoms with E-state index < -0.39 is 11.4 Å². The molecule has 0 aromatic carbocycles. The average molecular weight is 318 g/mol. The summed E-state index contributed by atoms with van der Waals surface area (Å²) in [6, 6.07) is 0. The Morgan fingerprint density at radius 2 is 2.09 bits per heavy atom. The van der Waals surface area contributed by atoms with Crippen molar-refractivity contribution in [2.75, 3.05) is 6.61 Å². The Hall–Kier alpha value is -1.09. The Morgan fingerprint density at radius 3 is 2.70 bits per heavy atom. The Kier molecular flexibility index (Phi) is 4.20. The summed E-state index contributed by atoms with van der Waals surface area (Å²) in [6.07, 6.45) is 11.0. The Morgan fingerprint density at radius 1 is 1.35 bits per heavy atom. The van der Waals surface area contributed by atoms with E-state index in [2.05, 4.69) is 39.0 Å². The lowest BCUT2D eigenvalue weighted by atomic mass is 9.50. The predicted octanol–water partition coefficient (Wildman–Crippen LogP) is 4.03. The highest BCUT2D eigenvalue weighted by atomic mass is 16.4. The zero-order chi connectivity index (χ0) is 16.8. The molecule has 5 atom stereocenters. The van der Waals surface area contributed by atoms with Crippen molar-refractivity contribution < 1.29 is 15.0 Å². The summed E-state index contributed by atoms with van der Waals surface area (Å²) in [5, 5.41) is 20.4. The zero-order valence-corrected chi connectivity index (χ0v) is 14.6. The van der Waals surface area contributed by atoms with Gasteiger partial charge in [0.1, 0.15) is 0 Å². The smallest absolute Gasteiger partial charge is 0.310 e. The van der Waals surface area contributed by atoms with Crippen LogP contribution in [0.15, 0.2) is 23.8 Å². The first kappa shape index (κ1) is 16.8. The standard InChI is InChI=1S/C20H30O3/c1-13(2)15-6-7-17-16-5-4-14(3)8-9-19(16,12-21)10-11-20(15,17)18(22)23/h4-5,8,13,15-17,21H,6-7,9-12H2,1-3H3,(H,22,23)/t15-,16+,17+,19-,20+/m1/s1. The number of carbonyl (C=O) groups is 1. The van der Waals surface area contributed by atoms with Gasteiger partial charge in [-0.1, -0.05) is 37.6 Å². The minimum Gasteiger partial charge on any atom is -0.481 e. The first-order chi connectivity index (χ1) is 10.9. The summed E-state index contributed by atoms with van der Waals surface area (Å²) in [5.74, 6) is 0.381. The van der Waals surface area contributed by atoms with Gasteiger partial charge in [0.2, 0.25) is 0 Å². The molecule has 23 heavy (non-hydrogen) atoms. The lowest BCUT2D eigenvalue weighted by Gasteiger charge is -2.53.